The van der Waals surface area contributed by atoms with Crippen molar-refractivity contribution in [1.82, 2.24) is 20.2 Å². The number of amides is 1. The highest BCUT2D eigenvalue weighted by Gasteiger charge is 2.39. The Labute approximate surface area is 156 Å². The monoisotopic (exact) mass is 366 g/mol. The lowest BCUT2D eigenvalue weighted by molar-refractivity contribution is 0.0902. The quantitative estimate of drug-likeness (QED) is 0.733. The van der Waals surface area contributed by atoms with Crippen LogP contribution >= 0.6 is 0 Å². The van der Waals surface area contributed by atoms with Gasteiger partial charge >= 0.3 is 0 Å². The van der Waals surface area contributed by atoms with E-state index in [-0.39, 0.29) is 33.7 Å². The third kappa shape index (κ3) is 2.84. The van der Waals surface area contributed by atoms with Crippen LogP contribution in [0.1, 0.15) is 27.2 Å². The lowest BCUT2D eigenvalue weighted by atomic mass is 9.93. The maximum Gasteiger partial charge on any atom is 0.262 e. The molecule has 0 spiro atoms. The Bertz CT molecular complexity index is 1060. The van der Waals surface area contributed by atoms with Gasteiger partial charge in [-0.25, -0.2) is 4.98 Å². The first-order valence-corrected chi connectivity index (χ1v) is 8.90. The molecule has 1 aliphatic rings. The first kappa shape index (κ1) is 17.5. The highest BCUT2D eigenvalue weighted by atomic mass is 16.3. The first-order chi connectivity index (χ1) is 12.9. The van der Waals surface area contributed by atoms with Gasteiger partial charge < -0.3 is 19.6 Å². The molecule has 2 N–H and O–H groups in total. The average Bonchev–Trinajstić information content (AvgIpc) is 3.18. The van der Waals surface area contributed by atoms with E-state index in [1.807, 2.05) is 26.2 Å². The molecule has 0 unspecified atom stereocenters. The number of rotatable bonds is 4. The Hall–Kier alpha value is -2.93. The average molecular weight is 366 g/mol. The molecule has 2 aromatic heterocycles. The molecule has 7 nitrogen and oxygen atoms in total. The maximum absolute atomic E-state index is 12.9. The number of carbonyl (C=O) groups is 1. The van der Waals surface area contributed by atoms with Crippen LogP contribution in [0.15, 0.2) is 39.8 Å². The van der Waals surface area contributed by atoms with E-state index < -0.39 is 0 Å². The molecule has 0 saturated carbocycles. The minimum Gasteiger partial charge on any atom is -0.442 e. The van der Waals surface area contributed by atoms with Gasteiger partial charge in [-0.1, -0.05) is 24.3 Å². The summed E-state index contributed by atoms with van der Waals surface area (Å²) in [6.07, 6.45) is 3.00. The van der Waals surface area contributed by atoms with Gasteiger partial charge in [0.2, 0.25) is 5.71 Å². The van der Waals surface area contributed by atoms with Crippen molar-refractivity contribution in [2.75, 3.05) is 20.6 Å². The molecule has 27 heavy (non-hydrogen) atoms. The second-order valence-corrected chi connectivity index (χ2v) is 7.37. The number of aromatic amines is 1. The van der Waals surface area contributed by atoms with E-state index in [1.165, 1.54) is 17.5 Å². The molecule has 3 aromatic rings. The number of carbonyl (C=O) groups excluding carboxylic acids is 1. The zero-order valence-corrected chi connectivity index (χ0v) is 15.6. The van der Waals surface area contributed by atoms with E-state index in [9.17, 15) is 9.59 Å². The van der Waals surface area contributed by atoms with Crippen molar-refractivity contribution in [3.05, 3.63) is 63.4 Å². The Kier molecular flexibility index (Phi) is 4.11. The number of aryl methyl sites for hydroxylation is 1. The van der Waals surface area contributed by atoms with Gasteiger partial charge in [-0.2, -0.15) is 0 Å². The third-order valence-corrected chi connectivity index (χ3v) is 5.58. The van der Waals surface area contributed by atoms with E-state index in [1.54, 1.807) is 6.92 Å². The van der Waals surface area contributed by atoms with Gasteiger partial charge in [0.05, 0.1) is 11.9 Å². The van der Waals surface area contributed by atoms with Gasteiger partial charge in [0, 0.05) is 12.1 Å². The van der Waals surface area contributed by atoms with Crippen molar-refractivity contribution >= 4 is 17.0 Å². The van der Waals surface area contributed by atoms with Gasteiger partial charge in [0.1, 0.15) is 11.1 Å². The van der Waals surface area contributed by atoms with Crippen LogP contribution in [-0.4, -0.2) is 47.0 Å². The van der Waals surface area contributed by atoms with Crippen molar-refractivity contribution in [2.24, 2.45) is 0 Å². The van der Waals surface area contributed by atoms with Crippen LogP contribution in [0.3, 0.4) is 0 Å². The molecule has 0 saturated heterocycles. The van der Waals surface area contributed by atoms with Crippen molar-refractivity contribution in [1.29, 1.82) is 0 Å². The summed E-state index contributed by atoms with van der Waals surface area (Å²) >= 11 is 0. The van der Waals surface area contributed by atoms with E-state index in [4.69, 9.17) is 4.42 Å². The molecule has 4 rings (SSSR count). The van der Waals surface area contributed by atoms with Gasteiger partial charge in [-0.3, -0.25) is 9.59 Å². The first-order valence-electron chi connectivity index (χ1n) is 8.90. The van der Waals surface area contributed by atoms with E-state index in [0.717, 1.165) is 12.8 Å². The summed E-state index contributed by atoms with van der Waals surface area (Å²) in [6, 6.07) is 8.37. The minimum absolute atomic E-state index is 0.178. The van der Waals surface area contributed by atoms with Crippen molar-refractivity contribution in [3.63, 3.8) is 0 Å². The summed E-state index contributed by atoms with van der Waals surface area (Å²) in [5, 5.41) is 3.22. The zero-order valence-electron chi connectivity index (χ0n) is 15.6. The largest absolute Gasteiger partial charge is 0.442 e. The highest BCUT2D eigenvalue weighted by Crippen LogP contribution is 2.33. The van der Waals surface area contributed by atoms with Crippen LogP contribution in [0.5, 0.6) is 0 Å². The van der Waals surface area contributed by atoms with Gasteiger partial charge in [0.15, 0.2) is 0 Å². The van der Waals surface area contributed by atoms with E-state index in [0.29, 0.717) is 12.3 Å². The predicted octanol–water partition coefficient (Wildman–Crippen LogP) is 1.65. The van der Waals surface area contributed by atoms with Crippen LogP contribution in [-0.2, 0) is 12.8 Å². The molecule has 2 heterocycles. The second-order valence-electron chi connectivity index (χ2n) is 7.37. The van der Waals surface area contributed by atoms with Gasteiger partial charge in [-0.15, -0.1) is 0 Å². The number of H-pyrrole nitrogens is 1. The molecule has 1 aliphatic carbocycles. The standard InChI is InChI=1S/C20H22N4O3/c1-12-15(16-18(26)22-11-23-19(16)27-12)17(25)21-10-20(24(2)3)8-13-6-4-5-7-14(13)9-20/h4-7,11H,8-10H2,1-3H3,(H,21,25)(H,22,23,26). The van der Waals surface area contributed by atoms with Gasteiger partial charge in [-0.05, 0) is 45.0 Å². The third-order valence-electron chi connectivity index (χ3n) is 5.58. The number of nitrogens with one attached hydrogen (secondary N) is 2. The van der Waals surface area contributed by atoms with Crippen LogP contribution in [0.25, 0.3) is 11.1 Å². The fraction of sp³-hybridized carbons (Fsp3) is 0.350. The van der Waals surface area contributed by atoms with E-state index >= 15 is 0 Å². The molecule has 0 atom stereocenters. The molecule has 1 aromatic carbocycles. The Morgan fingerprint density at radius 3 is 2.59 bits per heavy atom. The maximum atomic E-state index is 12.9. The number of hydrogen-bond acceptors (Lipinski definition) is 5. The molecule has 1 amide bonds. The fourth-order valence-electron chi connectivity index (χ4n) is 3.93. The number of hydrogen-bond donors (Lipinski definition) is 2. The number of aromatic nitrogens is 2. The molecule has 0 aliphatic heterocycles. The number of furan rings is 1. The van der Waals surface area contributed by atoms with Crippen LogP contribution in [0, 0.1) is 6.92 Å². The number of nitrogens with zero attached hydrogens (tertiary/aromatic N) is 2. The van der Waals surface area contributed by atoms with Crippen molar-refractivity contribution < 1.29 is 9.21 Å². The summed E-state index contributed by atoms with van der Waals surface area (Å²) in [4.78, 5) is 33.7. The molecule has 0 bridgehead atoms. The molecule has 140 valence electrons. The molecule has 0 fully saturated rings. The van der Waals surface area contributed by atoms with E-state index in [2.05, 4.69) is 32.3 Å². The smallest absolute Gasteiger partial charge is 0.262 e. The fourth-order valence-corrected chi connectivity index (χ4v) is 3.93. The molecule has 7 heteroatoms. The Morgan fingerprint density at radius 1 is 1.30 bits per heavy atom. The Balaban J connectivity index is 1.61. The van der Waals surface area contributed by atoms with Gasteiger partial charge in [0.25, 0.3) is 11.5 Å². The van der Waals surface area contributed by atoms with Crippen LogP contribution in [0.2, 0.25) is 0 Å². The lowest BCUT2D eigenvalue weighted by Gasteiger charge is -2.36. The molecule has 0 radical (unpaired) electrons. The van der Waals surface area contributed by atoms with Crippen LogP contribution in [0.4, 0.5) is 0 Å². The number of fused-ring (bicyclic) bond motifs is 2. The number of likely N-dealkylation sites (N-methyl/N-ethyl adjacent to an activating group) is 1. The molecular formula is C20H22N4O3. The van der Waals surface area contributed by atoms with Crippen molar-refractivity contribution in [2.45, 2.75) is 25.3 Å². The second kappa shape index (κ2) is 6.35. The number of benzene rings is 1. The lowest BCUT2D eigenvalue weighted by Crippen LogP contribution is -2.53. The van der Waals surface area contributed by atoms with Crippen molar-refractivity contribution in [3.8, 4) is 0 Å². The summed E-state index contributed by atoms with van der Waals surface area (Å²) < 4.78 is 5.49. The Morgan fingerprint density at radius 2 is 1.96 bits per heavy atom. The summed E-state index contributed by atoms with van der Waals surface area (Å²) in [6.45, 7) is 2.14. The summed E-state index contributed by atoms with van der Waals surface area (Å²) in [7, 11) is 4.07. The minimum atomic E-state index is -0.377. The normalized spacial score (nSPS) is 15.3. The highest BCUT2D eigenvalue weighted by molar-refractivity contribution is 6.06. The zero-order chi connectivity index (χ0) is 19.2. The predicted molar refractivity (Wildman–Crippen MR) is 102 cm³/mol. The summed E-state index contributed by atoms with van der Waals surface area (Å²) in [5.74, 6) is 0.0715. The molecular weight excluding hydrogens is 344 g/mol. The SMILES string of the molecule is Cc1oc2nc[nH]c(=O)c2c1C(=O)NCC1(N(C)C)Cc2ccccc2C1. The van der Waals surface area contributed by atoms with Crippen LogP contribution < -0.4 is 10.9 Å². The topological polar surface area (TPSA) is 91.2 Å². The summed E-state index contributed by atoms with van der Waals surface area (Å²) in [5.41, 5.74) is 2.48.